The monoisotopic (exact) mass is 480 g/mol. The van der Waals surface area contributed by atoms with Crippen LogP contribution in [-0.4, -0.2) is 17.6 Å². The smallest absolute Gasteiger partial charge is 0.291 e. The average molecular weight is 481 g/mol. The predicted molar refractivity (Wildman–Crippen MR) is 131 cm³/mol. The number of carbonyl (C=O) groups is 2. The standard InChI is InChI=1S/C24H17ClN2O3S2/c25-14-5-8-16(9-6-14)31-12-18-17-3-1-2-4-20(17)30-23(18)24(29)26-15-7-10-21-19(11-15)27-22(28)13-32-21/h1-11H,12-13H2,(H,26,29)(H,27,28). The fraction of sp³-hybridized carbons (Fsp3) is 0.0833. The molecule has 0 atom stereocenters. The van der Waals surface area contributed by atoms with Crippen LogP contribution in [0, 0.1) is 0 Å². The third-order valence-electron chi connectivity index (χ3n) is 4.97. The van der Waals surface area contributed by atoms with Crippen LogP contribution < -0.4 is 10.6 Å². The van der Waals surface area contributed by atoms with Gasteiger partial charge in [-0.3, -0.25) is 9.59 Å². The van der Waals surface area contributed by atoms with Crippen LogP contribution in [0.25, 0.3) is 11.0 Å². The molecule has 0 bridgehead atoms. The fourth-order valence-corrected chi connectivity index (χ4v) is 5.30. The summed E-state index contributed by atoms with van der Waals surface area (Å²) in [6.07, 6.45) is 0. The molecule has 5 nitrogen and oxygen atoms in total. The van der Waals surface area contributed by atoms with Crippen molar-refractivity contribution in [3.8, 4) is 0 Å². The van der Waals surface area contributed by atoms with Crippen molar-refractivity contribution in [2.75, 3.05) is 16.4 Å². The quantitative estimate of drug-likeness (QED) is 0.312. The molecule has 0 radical (unpaired) electrons. The Morgan fingerprint density at radius 1 is 1.12 bits per heavy atom. The molecular formula is C24H17ClN2O3S2. The number of fused-ring (bicyclic) bond motifs is 2. The number of hydrogen-bond acceptors (Lipinski definition) is 5. The van der Waals surface area contributed by atoms with Crippen LogP contribution in [0.4, 0.5) is 11.4 Å². The van der Waals surface area contributed by atoms with Gasteiger partial charge in [-0.2, -0.15) is 0 Å². The summed E-state index contributed by atoms with van der Waals surface area (Å²) in [4.78, 5) is 26.9. The van der Waals surface area contributed by atoms with Crippen LogP contribution in [0.15, 0.2) is 80.9 Å². The number of hydrogen-bond donors (Lipinski definition) is 2. The Morgan fingerprint density at radius 3 is 2.78 bits per heavy atom. The molecule has 2 N–H and O–H groups in total. The number of furan rings is 1. The summed E-state index contributed by atoms with van der Waals surface area (Å²) < 4.78 is 5.95. The molecule has 4 aromatic rings. The molecule has 1 aliphatic heterocycles. The van der Waals surface area contributed by atoms with Crippen LogP contribution in [0.1, 0.15) is 16.1 Å². The van der Waals surface area contributed by atoms with Gasteiger partial charge < -0.3 is 15.1 Å². The van der Waals surface area contributed by atoms with E-state index in [0.717, 1.165) is 20.7 Å². The topological polar surface area (TPSA) is 71.3 Å². The molecule has 0 aliphatic carbocycles. The maximum absolute atomic E-state index is 13.2. The number of rotatable bonds is 5. The van der Waals surface area contributed by atoms with Crippen molar-refractivity contribution in [1.82, 2.24) is 0 Å². The lowest BCUT2D eigenvalue weighted by molar-refractivity contribution is -0.113. The van der Waals surface area contributed by atoms with Crippen molar-refractivity contribution in [1.29, 1.82) is 0 Å². The van der Waals surface area contributed by atoms with Crippen molar-refractivity contribution < 1.29 is 14.0 Å². The zero-order valence-electron chi connectivity index (χ0n) is 16.7. The van der Waals surface area contributed by atoms with Crippen molar-refractivity contribution in [3.05, 3.63) is 83.1 Å². The normalized spacial score (nSPS) is 13.0. The van der Waals surface area contributed by atoms with Crippen molar-refractivity contribution in [2.24, 2.45) is 0 Å². The van der Waals surface area contributed by atoms with E-state index in [-0.39, 0.29) is 17.6 Å². The van der Waals surface area contributed by atoms with Gasteiger partial charge in [0.2, 0.25) is 5.91 Å². The first-order valence-corrected chi connectivity index (χ1v) is 12.2. The second kappa shape index (κ2) is 8.94. The van der Waals surface area contributed by atoms with Crippen LogP contribution in [-0.2, 0) is 10.5 Å². The van der Waals surface area contributed by atoms with E-state index in [2.05, 4.69) is 10.6 Å². The maximum atomic E-state index is 13.2. The van der Waals surface area contributed by atoms with Gasteiger partial charge in [0.05, 0.1) is 11.4 Å². The Labute approximate surface area is 197 Å². The summed E-state index contributed by atoms with van der Waals surface area (Å²) >= 11 is 9.07. The van der Waals surface area contributed by atoms with E-state index in [4.69, 9.17) is 16.0 Å². The number of nitrogens with one attached hydrogen (secondary N) is 2. The number of anilines is 2. The first-order valence-electron chi connectivity index (χ1n) is 9.83. The summed E-state index contributed by atoms with van der Waals surface area (Å²) in [5.74, 6) is 0.862. The van der Waals surface area contributed by atoms with E-state index in [1.807, 2.05) is 60.7 Å². The highest BCUT2D eigenvalue weighted by Crippen LogP contribution is 2.35. The van der Waals surface area contributed by atoms with E-state index in [1.54, 1.807) is 17.8 Å². The lowest BCUT2D eigenvalue weighted by atomic mass is 10.1. The van der Waals surface area contributed by atoms with Crippen LogP contribution in [0.2, 0.25) is 5.02 Å². The number of amides is 2. The van der Waals surface area contributed by atoms with Gasteiger partial charge in [-0.1, -0.05) is 29.8 Å². The number of benzene rings is 3. The Balaban J connectivity index is 1.42. The van der Waals surface area contributed by atoms with E-state index >= 15 is 0 Å². The second-order valence-corrected chi connectivity index (χ2v) is 9.65. The number of carbonyl (C=O) groups excluding carboxylic acids is 2. The van der Waals surface area contributed by atoms with Gasteiger partial charge in [0.1, 0.15) is 5.58 Å². The number of halogens is 1. The first kappa shape index (κ1) is 21.0. The minimum absolute atomic E-state index is 0.0511. The zero-order chi connectivity index (χ0) is 22.1. The molecule has 1 aromatic heterocycles. The van der Waals surface area contributed by atoms with E-state index in [0.29, 0.717) is 33.5 Å². The molecule has 0 spiro atoms. The molecule has 8 heteroatoms. The lowest BCUT2D eigenvalue weighted by Gasteiger charge is -2.17. The van der Waals surface area contributed by atoms with Crippen molar-refractivity contribution >= 4 is 69.3 Å². The van der Waals surface area contributed by atoms with Gasteiger partial charge in [0.15, 0.2) is 5.76 Å². The number of para-hydroxylation sites is 1. The molecule has 160 valence electrons. The maximum Gasteiger partial charge on any atom is 0.291 e. The van der Waals surface area contributed by atoms with E-state index in [1.165, 1.54) is 11.8 Å². The molecular weight excluding hydrogens is 464 g/mol. The highest BCUT2D eigenvalue weighted by atomic mass is 35.5. The minimum atomic E-state index is -0.331. The molecule has 0 saturated heterocycles. The highest BCUT2D eigenvalue weighted by Gasteiger charge is 2.22. The van der Waals surface area contributed by atoms with Crippen molar-refractivity contribution in [2.45, 2.75) is 15.5 Å². The Bertz CT molecular complexity index is 1340. The molecule has 5 rings (SSSR count). The van der Waals surface area contributed by atoms with Crippen molar-refractivity contribution in [3.63, 3.8) is 0 Å². The third-order valence-corrected chi connectivity index (χ3v) is 7.34. The average Bonchev–Trinajstić information content (AvgIpc) is 3.17. The second-order valence-electron chi connectivity index (χ2n) is 7.15. The predicted octanol–water partition coefficient (Wildman–Crippen LogP) is 6.68. The fourth-order valence-electron chi connectivity index (χ4n) is 3.46. The van der Waals surface area contributed by atoms with Gasteiger partial charge in [-0.15, -0.1) is 23.5 Å². The summed E-state index contributed by atoms with van der Waals surface area (Å²) in [7, 11) is 0. The van der Waals surface area contributed by atoms with Crippen LogP contribution in [0.5, 0.6) is 0 Å². The van der Waals surface area contributed by atoms with Gasteiger partial charge in [0.25, 0.3) is 5.91 Å². The molecule has 2 amide bonds. The van der Waals surface area contributed by atoms with Gasteiger partial charge >= 0.3 is 0 Å². The Kier molecular flexibility index (Phi) is 5.87. The molecule has 1 aliphatic rings. The van der Waals surface area contributed by atoms with E-state index < -0.39 is 0 Å². The minimum Gasteiger partial charge on any atom is -0.451 e. The Hall–Kier alpha value is -2.87. The summed E-state index contributed by atoms with van der Waals surface area (Å²) in [6.45, 7) is 0. The SMILES string of the molecule is O=C1CSc2ccc(NC(=O)c3oc4ccccc4c3CSc3ccc(Cl)cc3)cc2N1. The first-order chi connectivity index (χ1) is 15.6. The van der Waals surface area contributed by atoms with Gasteiger partial charge in [-0.25, -0.2) is 0 Å². The van der Waals surface area contributed by atoms with Crippen LogP contribution >= 0.6 is 35.1 Å². The Morgan fingerprint density at radius 2 is 1.94 bits per heavy atom. The molecule has 0 unspecified atom stereocenters. The summed E-state index contributed by atoms with van der Waals surface area (Å²) in [5, 5.41) is 7.35. The molecule has 32 heavy (non-hydrogen) atoms. The van der Waals surface area contributed by atoms with Gasteiger partial charge in [0, 0.05) is 37.2 Å². The number of thioether (sulfide) groups is 2. The zero-order valence-corrected chi connectivity index (χ0v) is 19.1. The summed E-state index contributed by atoms with van der Waals surface area (Å²) in [5.41, 5.74) is 2.79. The third kappa shape index (κ3) is 4.37. The highest BCUT2D eigenvalue weighted by molar-refractivity contribution is 8.00. The molecule has 2 heterocycles. The molecule has 0 fully saturated rings. The molecule has 3 aromatic carbocycles. The summed E-state index contributed by atoms with van der Waals surface area (Å²) in [6, 6.07) is 20.7. The van der Waals surface area contributed by atoms with Gasteiger partial charge in [-0.05, 0) is 48.5 Å². The largest absolute Gasteiger partial charge is 0.451 e. The lowest BCUT2D eigenvalue weighted by Crippen LogP contribution is -2.19. The molecule has 0 saturated carbocycles. The van der Waals surface area contributed by atoms with E-state index in [9.17, 15) is 9.59 Å². The van der Waals surface area contributed by atoms with Crippen LogP contribution in [0.3, 0.4) is 0 Å².